The lowest BCUT2D eigenvalue weighted by molar-refractivity contribution is -0.132. The fraction of sp³-hybridized carbons (Fsp3) is 0.600. The zero-order valence-electron chi connectivity index (χ0n) is 14.5. The second-order valence-corrected chi connectivity index (χ2v) is 8.18. The molecule has 4 bridgehead atoms. The molecule has 4 saturated carbocycles. The van der Waals surface area contributed by atoms with Crippen molar-refractivity contribution in [3.05, 3.63) is 23.8 Å². The first-order chi connectivity index (χ1) is 11.5. The standard InChI is InChI=1S/C20H26N2O2/c1-11-3-4-17(21-12(2)23)18(5-11)22-20(24)19-15-7-13-6-14(9-15)10-16(19)8-13/h3-5,13-16,19H,6-10H2,1-2H3,(H,21,23)(H,22,24). The van der Waals surface area contributed by atoms with Gasteiger partial charge in [0.05, 0.1) is 11.4 Å². The smallest absolute Gasteiger partial charge is 0.228 e. The van der Waals surface area contributed by atoms with E-state index >= 15 is 0 Å². The molecule has 1 aromatic rings. The SMILES string of the molecule is CC(=O)Nc1ccc(C)cc1NC(=O)C1C2CC3CC(C2)CC1C3. The third kappa shape index (κ3) is 2.83. The van der Waals surface area contributed by atoms with Crippen molar-refractivity contribution in [1.82, 2.24) is 0 Å². The van der Waals surface area contributed by atoms with Crippen molar-refractivity contribution >= 4 is 23.2 Å². The van der Waals surface area contributed by atoms with Gasteiger partial charge in [-0.2, -0.15) is 0 Å². The van der Waals surface area contributed by atoms with Crippen molar-refractivity contribution < 1.29 is 9.59 Å². The van der Waals surface area contributed by atoms with Crippen molar-refractivity contribution in [3.63, 3.8) is 0 Å². The fourth-order valence-corrected chi connectivity index (χ4v) is 5.63. The van der Waals surface area contributed by atoms with E-state index in [0.29, 0.717) is 17.5 Å². The maximum absolute atomic E-state index is 13.0. The molecule has 0 unspecified atom stereocenters. The van der Waals surface area contributed by atoms with Gasteiger partial charge in [0.2, 0.25) is 11.8 Å². The summed E-state index contributed by atoms with van der Waals surface area (Å²) >= 11 is 0. The summed E-state index contributed by atoms with van der Waals surface area (Å²) in [6, 6.07) is 5.76. The van der Waals surface area contributed by atoms with Gasteiger partial charge in [-0.1, -0.05) is 6.07 Å². The summed E-state index contributed by atoms with van der Waals surface area (Å²) in [4.78, 5) is 24.4. The van der Waals surface area contributed by atoms with Gasteiger partial charge in [0.1, 0.15) is 0 Å². The topological polar surface area (TPSA) is 58.2 Å². The fourth-order valence-electron chi connectivity index (χ4n) is 5.63. The van der Waals surface area contributed by atoms with Gasteiger partial charge >= 0.3 is 0 Å². The van der Waals surface area contributed by atoms with Gasteiger partial charge in [-0.3, -0.25) is 9.59 Å². The number of hydrogen-bond donors (Lipinski definition) is 2. The van der Waals surface area contributed by atoms with Gasteiger partial charge in [-0.25, -0.2) is 0 Å². The molecule has 0 aromatic heterocycles. The Morgan fingerprint density at radius 1 is 0.917 bits per heavy atom. The molecule has 5 rings (SSSR count). The highest BCUT2D eigenvalue weighted by Crippen LogP contribution is 2.56. The van der Waals surface area contributed by atoms with Crippen LogP contribution in [0.25, 0.3) is 0 Å². The lowest BCUT2D eigenvalue weighted by Gasteiger charge is -2.53. The Morgan fingerprint density at radius 3 is 2.12 bits per heavy atom. The summed E-state index contributed by atoms with van der Waals surface area (Å²) in [7, 11) is 0. The number of benzene rings is 1. The molecule has 4 nitrogen and oxygen atoms in total. The first kappa shape index (κ1) is 15.7. The molecule has 4 heteroatoms. The van der Waals surface area contributed by atoms with Gasteiger partial charge in [0.15, 0.2) is 0 Å². The van der Waals surface area contributed by atoms with Crippen LogP contribution in [-0.2, 0) is 9.59 Å². The summed E-state index contributed by atoms with van der Waals surface area (Å²) in [5.74, 6) is 3.05. The van der Waals surface area contributed by atoms with Crippen molar-refractivity contribution in [2.45, 2.75) is 46.0 Å². The molecule has 2 amide bonds. The average Bonchev–Trinajstić information content (AvgIpc) is 2.48. The minimum atomic E-state index is -0.121. The van der Waals surface area contributed by atoms with E-state index in [0.717, 1.165) is 23.1 Å². The highest BCUT2D eigenvalue weighted by molar-refractivity contribution is 6.00. The highest BCUT2D eigenvalue weighted by atomic mass is 16.2. The molecule has 0 aliphatic heterocycles. The number of carbonyl (C=O) groups is 2. The Labute approximate surface area is 143 Å². The number of carbonyl (C=O) groups excluding carboxylic acids is 2. The summed E-state index contributed by atoms with van der Waals surface area (Å²) < 4.78 is 0. The van der Waals surface area contributed by atoms with Crippen molar-refractivity contribution in [2.75, 3.05) is 10.6 Å². The van der Waals surface area contributed by atoms with Crippen LogP contribution in [0.4, 0.5) is 11.4 Å². The quantitative estimate of drug-likeness (QED) is 0.883. The Balaban J connectivity index is 1.54. The van der Waals surface area contributed by atoms with Crippen LogP contribution < -0.4 is 10.6 Å². The molecular formula is C20H26N2O2. The zero-order chi connectivity index (χ0) is 16.8. The first-order valence-electron chi connectivity index (χ1n) is 9.18. The van der Waals surface area contributed by atoms with Crippen molar-refractivity contribution in [3.8, 4) is 0 Å². The van der Waals surface area contributed by atoms with E-state index in [1.165, 1.54) is 39.0 Å². The predicted molar refractivity (Wildman–Crippen MR) is 94.6 cm³/mol. The number of anilines is 2. The van der Waals surface area contributed by atoms with E-state index in [4.69, 9.17) is 0 Å². The molecule has 0 heterocycles. The van der Waals surface area contributed by atoms with Crippen LogP contribution in [0.1, 0.15) is 44.6 Å². The molecule has 128 valence electrons. The monoisotopic (exact) mass is 326 g/mol. The third-order valence-electron chi connectivity index (χ3n) is 6.27. The molecule has 0 atom stereocenters. The molecule has 4 aliphatic rings. The maximum atomic E-state index is 13.0. The van der Waals surface area contributed by atoms with E-state index in [1.54, 1.807) is 0 Å². The van der Waals surface area contributed by atoms with Gasteiger partial charge < -0.3 is 10.6 Å². The molecular weight excluding hydrogens is 300 g/mol. The summed E-state index contributed by atoms with van der Waals surface area (Å²) in [5, 5.41) is 5.95. The maximum Gasteiger partial charge on any atom is 0.228 e. The van der Waals surface area contributed by atoms with Gasteiger partial charge in [0, 0.05) is 12.8 Å². The van der Waals surface area contributed by atoms with Crippen LogP contribution in [-0.4, -0.2) is 11.8 Å². The molecule has 4 fully saturated rings. The summed E-state index contributed by atoms with van der Waals surface area (Å²) in [6.45, 7) is 3.49. The minimum absolute atomic E-state index is 0.121. The zero-order valence-corrected chi connectivity index (χ0v) is 14.5. The van der Waals surface area contributed by atoms with Crippen LogP contribution in [0.2, 0.25) is 0 Å². The van der Waals surface area contributed by atoms with E-state index in [-0.39, 0.29) is 17.7 Å². The summed E-state index contributed by atoms with van der Waals surface area (Å²) in [6.07, 6.45) is 6.33. The largest absolute Gasteiger partial charge is 0.325 e. The molecule has 0 spiro atoms. The second kappa shape index (κ2) is 5.91. The number of rotatable bonds is 3. The average molecular weight is 326 g/mol. The van der Waals surface area contributed by atoms with Gasteiger partial charge in [-0.15, -0.1) is 0 Å². The van der Waals surface area contributed by atoms with Crippen molar-refractivity contribution in [2.24, 2.45) is 29.6 Å². The van der Waals surface area contributed by atoms with Crippen LogP contribution in [0.15, 0.2) is 18.2 Å². The molecule has 2 N–H and O–H groups in total. The summed E-state index contributed by atoms with van der Waals surface area (Å²) in [5.41, 5.74) is 2.48. The Morgan fingerprint density at radius 2 is 1.54 bits per heavy atom. The highest BCUT2D eigenvalue weighted by Gasteiger charge is 2.50. The Kier molecular flexibility index (Phi) is 3.86. The molecule has 1 aromatic carbocycles. The normalized spacial score (nSPS) is 33.3. The minimum Gasteiger partial charge on any atom is -0.325 e. The number of aryl methyl sites for hydroxylation is 1. The van der Waals surface area contributed by atoms with Crippen LogP contribution >= 0.6 is 0 Å². The molecule has 0 saturated heterocycles. The van der Waals surface area contributed by atoms with E-state index in [1.807, 2.05) is 25.1 Å². The number of hydrogen-bond acceptors (Lipinski definition) is 2. The molecule has 0 radical (unpaired) electrons. The number of amides is 2. The van der Waals surface area contributed by atoms with Crippen LogP contribution in [0.3, 0.4) is 0 Å². The van der Waals surface area contributed by atoms with Crippen molar-refractivity contribution in [1.29, 1.82) is 0 Å². The van der Waals surface area contributed by atoms with Crippen LogP contribution in [0.5, 0.6) is 0 Å². The lowest BCUT2D eigenvalue weighted by atomic mass is 9.51. The molecule has 24 heavy (non-hydrogen) atoms. The van der Waals surface area contributed by atoms with Crippen LogP contribution in [0, 0.1) is 36.5 Å². The van der Waals surface area contributed by atoms with E-state index < -0.39 is 0 Å². The predicted octanol–water partition coefficient (Wildman–Crippen LogP) is 3.96. The second-order valence-electron chi connectivity index (χ2n) is 8.18. The molecule has 4 aliphatic carbocycles. The number of nitrogens with one attached hydrogen (secondary N) is 2. The van der Waals surface area contributed by atoms with E-state index in [9.17, 15) is 9.59 Å². The Bertz CT molecular complexity index is 654. The van der Waals surface area contributed by atoms with Gasteiger partial charge in [-0.05, 0) is 80.4 Å². The first-order valence-corrected chi connectivity index (χ1v) is 9.18. The van der Waals surface area contributed by atoms with E-state index in [2.05, 4.69) is 10.6 Å². The third-order valence-corrected chi connectivity index (χ3v) is 6.27. The Hall–Kier alpha value is -1.84. The lowest BCUT2D eigenvalue weighted by Crippen LogP contribution is -2.49. The van der Waals surface area contributed by atoms with Gasteiger partial charge in [0.25, 0.3) is 0 Å².